The van der Waals surface area contributed by atoms with Gasteiger partial charge in [-0.25, -0.2) is 0 Å². The van der Waals surface area contributed by atoms with Crippen molar-refractivity contribution in [3.8, 4) is 0 Å². The van der Waals surface area contributed by atoms with E-state index in [1.54, 1.807) is 12.1 Å². The summed E-state index contributed by atoms with van der Waals surface area (Å²) in [5.74, 6) is -1.66. The number of hydrazone groups is 1. The minimum Gasteiger partial charge on any atom is -0.481 e. The Morgan fingerprint density at radius 1 is 1.19 bits per heavy atom. The van der Waals surface area contributed by atoms with Crippen LogP contribution in [0.1, 0.15) is 36.3 Å². The molecule has 1 unspecified atom stereocenters. The van der Waals surface area contributed by atoms with E-state index < -0.39 is 5.97 Å². The highest BCUT2D eigenvalue weighted by Gasteiger charge is 2.30. The zero-order valence-electron chi connectivity index (χ0n) is 17.0. The second kappa shape index (κ2) is 10.2. The zero-order valence-corrected chi connectivity index (χ0v) is 17.0. The molecule has 0 spiro atoms. The Labute approximate surface area is 179 Å². The number of nitrogens with zero attached hydrogens (tertiary/aromatic N) is 2. The first-order valence-corrected chi connectivity index (χ1v) is 9.94. The van der Waals surface area contributed by atoms with Crippen LogP contribution in [0.3, 0.4) is 0 Å². The molecule has 162 valence electrons. The number of aliphatic carboxylic acids is 1. The summed E-state index contributed by atoms with van der Waals surface area (Å²) in [6.45, 7) is 0.186. The van der Waals surface area contributed by atoms with E-state index in [2.05, 4.69) is 15.8 Å². The zero-order chi connectivity index (χ0) is 22.2. The van der Waals surface area contributed by atoms with Gasteiger partial charge in [0.15, 0.2) is 0 Å². The molecule has 0 aliphatic carbocycles. The molecule has 2 aromatic carbocycles. The van der Waals surface area contributed by atoms with Gasteiger partial charge in [0, 0.05) is 18.7 Å². The highest BCUT2D eigenvalue weighted by Crippen LogP contribution is 2.36. The molecular weight excluding hydrogens is 398 g/mol. The number of nitrogens with one attached hydrogen (secondary N) is 2. The first kappa shape index (κ1) is 21.8. The summed E-state index contributed by atoms with van der Waals surface area (Å²) in [6.07, 6.45) is 1.74. The standard InChI is InChI=1S/C22H25N5O4/c23-14-25-26-17-8-5-15(6-9-17)12-24-20(28)13-27-19-4-2-1-3-18(19)16(11-22(30)31)7-10-21(27)29/h1-6,8-9,14,16,26H,7,10-13H2,(H2,23,25)(H,24,28)(H,30,31). The number of carbonyl (C=O) groups excluding carboxylic acids is 2. The largest absolute Gasteiger partial charge is 0.481 e. The lowest BCUT2D eigenvalue weighted by Gasteiger charge is -2.23. The van der Waals surface area contributed by atoms with E-state index in [1.165, 1.54) is 4.90 Å². The van der Waals surface area contributed by atoms with Gasteiger partial charge >= 0.3 is 5.97 Å². The lowest BCUT2D eigenvalue weighted by atomic mass is 9.91. The SMILES string of the molecule is NC=NNc1ccc(CNC(=O)CN2C(=O)CCC(CC(=O)O)c3ccccc32)cc1. The number of hydrogen-bond acceptors (Lipinski definition) is 5. The van der Waals surface area contributed by atoms with Gasteiger partial charge in [0.1, 0.15) is 12.9 Å². The summed E-state index contributed by atoms with van der Waals surface area (Å²) >= 11 is 0. The fraction of sp³-hybridized carbons (Fsp3) is 0.273. The molecule has 31 heavy (non-hydrogen) atoms. The van der Waals surface area contributed by atoms with Crippen LogP contribution in [0.25, 0.3) is 0 Å². The summed E-state index contributed by atoms with van der Waals surface area (Å²) in [5.41, 5.74) is 11.0. The second-order valence-electron chi connectivity index (χ2n) is 7.24. The molecule has 0 saturated heterocycles. The van der Waals surface area contributed by atoms with Crippen LogP contribution in [0.4, 0.5) is 11.4 Å². The maximum absolute atomic E-state index is 12.7. The number of fused-ring (bicyclic) bond motifs is 1. The normalized spacial score (nSPS) is 15.9. The molecule has 1 heterocycles. The average molecular weight is 423 g/mol. The molecule has 1 aliphatic rings. The molecule has 0 bridgehead atoms. The van der Waals surface area contributed by atoms with E-state index in [4.69, 9.17) is 5.73 Å². The number of carboxylic acids is 1. The maximum atomic E-state index is 12.7. The molecule has 9 nitrogen and oxygen atoms in total. The number of carboxylic acid groups (broad SMARTS) is 1. The van der Waals surface area contributed by atoms with Crippen molar-refractivity contribution in [2.75, 3.05) is 16.9 Å². The number of amides is 2. The summed E-state index contributed by atoms with van der Waals surface area (Å²) in [5, 5.41) is 15.8. The Kier molecular flexibility index (Phi) is 7.21. The third kappa shape index (κ3) is 5.81. The Hall–Kier alpha value is -3.88. The molecule has 0 radical (unpaired) electrons. The molecule has 9 heteroatoms. The number of anilines is 2. The van der Waals surface area contributed by atoms with Gasteiger partial charge in [0.05, 0.1) is 12.1 Å². The van der Waals surface area contributed by atoms with Crippen molar-refractivity contribution >= 4 is 35.5 Å². The highest BCUT2D eigenvalue weighted by atomic mass is 16.4. The van der Waals surface area contributed by atoms with Crippen molar-refractivity contribution in [1.29, 1.82) is 0 Å². The van der Waals surface area contributed by atoms with Gasteiger partial charge < -0.3 is 21.1 Å². The summed E-state index contributed by atoms with van der Waals surface area (Å²) in [4.78, 5) is 38.0. The Bertz CT molecular complexity index is 974. The quantitative estimate of drug-likeness (QED) is 0.291. The molecule has 2 amide bonds. The predicted octanol–water partition coefficient (Wildman–Crippen LogP) is 2.00. The van der Waals surface area contributed by atoms with E-state index >= 15 is 0 Å². The molecule has 0 saturated carbocycles. The summed E-state index contributed by atoms with van der Waals surface area (Å²) in [6, 6.07) is 14.5. The molecular formula is C22H25N5O4. The van der Waals surface area contributed by atoms with E-state index in [1.807, 2.05) is 36.4 Å². The summed E-state index contributed by atoms with van der Waals surface area (Å²) < 4.78 is 0. The van der Waals surface area contributed by atoms with Crippen molar-refractivity contribution in [2.45, 2.75) is 31.7 Å². The van der Waals surface area contributed by atoms with Crippen LogP contribution < -0.4 is 21.4 Å². The molecule has 0 aromatic heterocycles. The third-order valence-electron chi connectivity index (χ3n) is 5.11. The van der Waals surface area contributed by atoms with Crippen molar-refractivity contribution < 1.29 is 19.5 Å². The first-order chi connectivity index (χ1) is 15.0. The Balaban J connectivity index is 1.66. The predicted molar refractivity (Wildman–Crippen MR) is 118 cm³/mol. The lowest BCUT2D eigenvalue weighted by Crippen LogP contribution is -2.40. The van der Waals surface area contributed by atoms with Gasteiger partial charge in [-0.3, -0.25) is 19.8 Å². The highest BCUT2D eigenvalue weighted by molar-refractivity contribution is 6.00. The fourth-order valence-electron chi connectivity index (χ4n) is 3.61. The minimum absolute atomic E-state index is 0.0498. The Morgan fingerprint density at radius 2 is 1.94 bits per heavy atom. The van der Waals surface area contributed by atoms with Gasteiger partial charge in [-0.1, -0.05) is 30.3 Å². The number of carbonyl (C=O) groups is 3. The molecule has 1 atom stereocenters. The molecule has 0 fully saturated rings. The van der Waals surface area contributed by atoms with Crippen LogP contribution in [0, 0.1) is 0 Å². The van der Waals surface area contributed by atoms with Crippen molar-refractivity contribution in [3.63, 3.8) is 0 Å². The lowest BCUT2D eigenvalue weighted by molar-refractivity contribution is -0.137. The Morgan fingerprint density at radius 3 is 2.65 bits per heavy atom. The van der Waals surface area contributed by atoms with Crippen LogP contribution in [0.5, 0.6) is 0 Å². The molecule has 3 rings (SSSR count). The number of hydrogen-bond donors (Lipinski definition) is 4. The van der Waals surface area contributed by atoms with Gasteiger partial charge in [-0.2, -0.15) is 5.10 Å². The van der Waals surface area contributed by atoms with E-state index in [0.29, 0.717) is 18.7 Å². The van der Waals surface area contributed by atoms with E-state index in [-0.39, 0.29) is 37.1 Å². The van der Waals surface area contributed by atoms with Crippen LogP contribution in [-0.2, 0) is 20.9 Å². The van der Waals surface area contributed by atoms with Gasteiger partial charge in [-0.15, -0.1) is 0 Å². The molecule has 5 N–H and O–H groups in total. The third-order valence-corrected chi connectivity index (χ3v) is 5.11. The van der Waals surface area contributed by atoms with Crippen LogP contribution in [0.15, 0.2) is 53.6 Å². The topological polar surface area (TPSA) is 137 Å². The van der Waals surface area contributed by atoms with Crippen LogP contribution >= 0.6 is 0 Å². The average Bonchev–Trinajstić information content (AvgIpc) is 2.89. The van der Waals surface area contributed by atoms with Crippen molar-refractivity contribution in [3.05, 3.63) is 59.7 Å². The molecule has 2 aromatic rings. The minimum atomic E-state index is -0.908. The van der Waals surface area contributed by atoms with Crippen LogP contribution in [0.2, 0.25) is 0 Å². The van der Waals surface area contributed by atoms with Gasteiger partial charge in [0.2, 0.25) is 11.8 Å². The second-order valence-corrected chi connectivity index (χ2v) is 7.24. The number of rotatable bonds is 8. The van der Waals surface area contributed by atoms with Crippen molar-refractivity contribution in [1.82, 2.24) is 5.32 Å². The fourth-order valence-corrected chi connectivity index (χ4v) is 3.61. The monoisotopic (exact) mass is 423 g/mol. The number of para-hydroxylation sites is 1. The molecule has 1 aliphatic heterocycles. The first-order valence-electron chi connectivity index (χ1n) is 9.94. The van der Waals surface area contributed by atoms with Gasteiger partial charge in [-0.05, 0) is 41.7 Å². The van der Waals surface area contributed by atoms with Crippen molar-refractivity contribution in [2.24, 2.45) is 10.8 Å². The smallest absolute Gasteiger partial charge is 0.303 e. The van der Waals surface area contributed by atoms with Crippen LogP contribution in [-0.4, -0.2) is 35.8 Å². The number of nitrogens with two attached hydrogens (primary N) is 1. The maximum Gasteiger partial charge on any atom is 0.303 e. The van der Waals surface area contributed by atoms with E-state index in [9.17, 15) is 19.5 Å². The van der Waals surface area contributed by atoms with E-state index in [0.717, 1.165) is 23.2 Å². The number of benzene rings is 2. The van der Waals surface area contributed by atoms with Gasteiger partial charge in [0.25, 0.3) is 0 Å². The summed E-state index contributed by atoms with van der Waals surface area (Å²) in [7, 11) is 0.